The molecule has 0 atom stereocenters. The monoisotopic (exact) mass is 335 g/mol. The number of rotatable bonds is 2. The second-order valence-corrected chi connectivity index (χ2v) is 5.44. The molecular formula is C15H15ClFN5O. The Hall–Kier alpha value is -2.41. The molecule has 6 nitrogen and oxygen atoms in total. The Balaban J connectivity index is 1.57. The highest BCUT2D eigenvalue weighted by Crippen LogP contribution is 2.16. The zero-order chi connectivity index (χ0) is 16.2. The van der Waals surface area contributed by atoms with E-state index in [9.17, 15) is 9.18 Å². The van der Waals surface area contributed by atoms with Gasteiger partial charge in [-0.2, -0.15) is 0 Å². The Morgan fingerprint density at radius 3 is 2.70 bits per heavy atom. The number of carbonyl (C=O) groups is 1. The van der Waals surface area contributed by atoms with E-state index < -0.39 is 0 Å². The van der Waals surface area contributed by atoms with Gasteiger partial charge in [-0.25, -0.2) is 19.2 Å². The number of hydrogen-bond donors (Lipinski definition) is 1. The molecule has 8 heteroatoms. The van der Waals surface area contributed by atoms with Crippen molar-refractivity contribution in [1.29, 1.82) is 0 Å². The minimum Gasteiger partial charge on any atom is -0.353 e. The SMILES string of the molecule is O=C(Nc1cccc(F)c1)N1CCN(c2ccnc(Cl)n2)CC1. The molecule has 23 heavy (non-hydrogen) atoms. The van der Waals surface area contributed by atoms with Crippen molar-refractivity contribution in [3.8, 4) is 0 Å². The number of halogens is 2. The summed E-state index contributed by atoms with van der Waals surface area (Å²) in [6.07, 6.45) is 1.60. The second-order valence-electron chi connectivity index (χ2n) is 5.10. The van der Waals surface area contributed by atoms with Gasteiger partial charge in [0, 0.05) is 38.1 Å². The molecule has 1 N–H and O–H groups in total. The van der Waals surface area contributed by atoms with Crippen molar-refractivity contribution in [3.05, 3.63) is 47.6 Å². The van der Waals surface area contributed by atoms with Gasteiger partial charge in [0.2, 0.25) is 5.28 Å². The molecule has 1 aliphatic heterocycles. The average Bonchev–Trinajstić information content (AvgIpc) is 2.55. The second kappa shape index (κ2) is 6.78. The molecule has 1 aromatic heterocycles. The lowest BCUT2D eigenvalue weighted by Gasteiger charge is -2.35. The molecule has 2 heterocycles. The summed E-state index contributed by atoms with van der Waals surface area (Å²) in [5.41, 5.74) is 0.444. The van der Waals surface area contributed by atoms with Gasteiger partial charge in [-0.15, -0.1) is 0 Å². The first kappa shape index (κ1) is 15.5. The normalized spacial score (nSPS) is 14.7. The predicted octanol–water partition coefficient (Wildman–Crippen LogP) is 2.62. The van der Waals surface area contributed by atoms with Crippen molar-refractivity contribution in [3.63, 3.8) is 0 Å². The van der Waals surface area contributed by atoms with Crippen molar-refractivity contribution in [2.24, 2.45) is 0 Å². The van der Waals surface area contributed by atoms with Gasteiger partial charge in [0.05, 0.1) is 0 Å². The molecule has 0 spiro atoms. The Morgan fingerprint density at radius 1 is 1.22 bits per heavy atom. The maximum atomic E-state index is 13.1. The summed E-state index contributed by atoms with van der Waals surface area (Å²) in [4.78, 5) is 23.9. The third-order valence-corrected chi connectivity index (χ3v) is 3.76. The van der Waals surface area contributed by atoms with E-state index in [2.05, 4.69) is 15.3 Å². The molecule has 2 aromatic rings. The lowest BCUT2D eigenvalue weighted by molar-refractivity contribution is 0.208. The van der Waals surface area contributed by atoms with E-state index in [1.165, 1.54) is 12.1 Å². The number of amides is 2. The van der Waals surface area contributed by atoms with Gasteiger partial charge in [-0.1, -0.05) is 6.07 Å². The molecule has 0 unspecified atom stereocenters. The minimum atomic E-state index is -0.381. The summed E-state index contributed by atoms with van der Waals surface area (Å²) in [5.74, 6) is 0.364. The van der Waals surface area contributed by atoms with E-state index >= 15 is 0 Å². The van der Waals surface area contributed by atoms with Gasteiger partial charge in [0.1, 0.15) is 11.6 Å². The average molecular weight is 336 g/mol. The fourth-order valence-corrected chi connectivity index (χ4v) is 2.55. The number of benzene rings is 1. The van der Waals surface area contributed by atoms with Crippen LogP contribution in [0, 0.1) is 5.82 Å². The third kappa shape index (κ3) is 3.87. The first-order valence-electron chi connectivity index (χ1n) is 7.17. The summed E-state index contributed by atoms with van der Waals surface area (Å²) in [7, 11) is 0. The molecule has 1 aromatic carbocycles. The van der Waals surface area contributed by atoms with Crippen LogP contribution < -0.4 is 10.2 Å². The summed E-state index contributed by atoms with van der Waals surface area (Å²) < 4.78 is 13.1. The topological polar surface area (TPSA) is 61.4 Å². The molecule has 0 saturated carbocycles. The van der Waals surface area contributed by atoms with Crippen LogP contribution >= 0.6 is 11.6 Å². The number of hydrogen-bond acceptors (Lipinski definition) is 4. The molecule has 0 radical (unpaired) electrons. The van der Waals surface area contributed by atoms with E-state index in [0.717, 1.165) is 5.82 Å². The summed E-state index contributed by atoms with van der Waals surface area (Å²) in [5, 5.41) is 2.90. The highest BCUT2D eigenvalue weighted by atomic mass is 35.5. The molecule has 1 saturated heterocycles. The van der Waals surface area contributed by atoms with Gasteiger partial charge < -0.3 is 15.1 Å². The quantitative estimate of drug-likeness (QED) is 0.857. The number of urea groups is 1. The van der Waals surface area contributed by atoms with Crippen molar-refractivity contribution in [2.45, 2.75) is 0 Å². The van der Waals surface area contributed by atoms with E-state index in [-0.39, 0.29) is 17.1 Å². The van der Waals surface area contributed by atoms with Crippen LogP contribution in [0.25, 0.3) is 0 Å². The van der Waals surface area contributed by atoms with Crippen LogP contribution in [0.15, 0.2) is 36.5 Å². The Kier molecular flexibility index (Phi) is 4.57. The molecule has 120 valence electrons. The summed E-state index contributed by atoms with van der Waals surface area (Å²) in [6.45, 7) is 2.37. The van der Waals surface area contributed by atoms with Gasteiger partial charge in [0.15, 0.2) is 0 Å². The lowest BCUT2D eigenvalue weighted by Crippen LogP contribution is -2.50. The van der Waals surface area contributed by atoms with Gasteiger partial charge in [-0.05, 0) is 35.9 Å². The Bertz CT molecular complexity index is 706. The maximum Gasteiger partial charge on any atom is 0.321 e. The van der Waals surface area contributed by atoms with E-state index in [1.807, 2.05) is 4.90 Å². The maximum absolute atomic E-state index is 13.1. The van der Waals surface area contributed by atoms with Gasteiger partial charge in [0.25, 0.3) is 0 Å². The first-order valence-corrected chi connectivity index (χ1v) is 7.54. The van der Waals surface area contributed by atoms with Crippen LogP contribution in [0.4, 0.5) is 20.7 Å². The Labute approximate surface area is 137 Å². The largest absolute Gasteiger partial charge is 0.353 e. The van der Waals surface area contributed by atoms with E-state index in [4.69, 9.17) is 11.6 Å². The minimum absolute atomic E-state index is 0.203. The smallest absolute Gasteiger partial charge is 0.321 e. The van der Waals surface area contributed by atoms with Gasteiger partial charge >= 0.3 is 6.03 Å². The molecule has 2 amide bonds. The number of carbonyl (C=O) groups excluding carboxylic acids is 1. The lowest BCUT2D eigenvalue weighted by atomic mass is 10.3. The highest BCUT2D eigenvalue weighted by Gasteiger charge is 2.22. The first-order chi connectivity index (χ1) is 11.1. The van der Waals surface area contributed by atoms with Crippen molar-refractivity contribution in [2.75, 3.05) is 36.4 Å². The van der Waals surface area contributed by atoms with E-state index in [1.54, 1.807) is 29.3 Å². The number of nitrogens with one attached hydrogen (secondary N) is 1. The Morgan fingerprint density at radius 2 is 2.00 bits per heavy atom. The summed E-state index contributed by atoms with van der Waals surface area (Å²) in [6, 6.07) is 7.38. The van der Waals surface area contributed by atoms with Crippen molar-refractivity contribution in [1.82, 2.24) is 14.9 Å². The van der Waals surface area contributed by atoms with Crippen LogP contribution in [-0.4, -0.2) is 47.1 Å². The molecular weight excluding hydrogens is 321 g/mol. The standard InChI is InChI=1S/C15H15ClFN5O/c16-14-18-5-4-13(20-14)21-6-8-22(9-7-21)15(23)19-12-3-1-2-11(17)10-12/h1-5,10H,6-9H2,(H,19,23). The van der Waals surface area contributed by atoms with E-state index in [0.29, 0.717) is 31.9 Å². The summed E-state index contributed by atoms with van der Waals surface area (Å²) >= 11 is 5.79. The molecule has 0 bridgehead atoms. The van der Waals surface area contributed by atoms with Crippen molar-refractivity contribution < 1.29 is 9.18 Å². The number of nitrogens with zero attached hydrogens (tertiary/aromatic N) is 4. The van der Waals surface area contributed by atoms with Crippen LogP contribution in [0.2, 0.25) is 5.28 Å². The zero-order valence-corrected chi connectivity index (χ0v) is 13.0. The molecule has 1 aliphatic rings. The molecule has 0 aliphatic carbocycles. The van der Waals surface area contributed by atoms with Crippen LogP contribution in [0.1, 0.15) is 0 Å². The number of anilines is 2. The molecule has 1 fully saturated rings. The fourth-order valence-electron chi connectivity index (χ4n) is 2.41. The highest BCUT2D eigenvalue weighted by molar-refractivity contribution is 6.28. The molecule has 3 rings (SSSR count). The fraction of sp³-hybridized carbons (Fsp3) is 0.267. The zero-order valence-electron chi connectivity index (χ0n) is 12.2. The van der Waals surface area contributed by atoms with Crippen LogP contribution in [0.5, 0.6) is 0 Å². The van der Waals surface area contributed by atoms with Gasteiger partial charge in [-0.3, -0.25) is 0 Å². The van der Waals surface area contributed by atoms with Crippen LogP contribution in [-0.2, 0) is 0 Å². The third-order valence-electron chi connectivity index (χ3n) is 3.58. The number of piperazine rings is 1. The predicted molar refractivity (Wildman–Crippen MR) is 86.2 cm³/mol. The van der Waals surface area contributed by atoms with Crippen molar-refractivity contribution >= 4 is 29.1 Å². The number of aromatic nitrogens is 2. The van der Waals surface area contributed by atoms with Crippen LogP contribution in [0.3, 0.4) is 0 Å².